The van der Waals surface area contributed by atoms with Gasteiger partial charge >= 0.3 is 5.97 Å². The number of nitrogens with one attached hydrogen (secondary N) is 1. The van der Waals surface area contributed by atoms with E-state index in [-0.39, 0.29) is 31.3 Å². The number of anilines is 1. The highest BCUT2D eigenvalue weighted by Gasteiger charge is 2.28. The monoisotopic (exact) mass is 328 g/mol. The molecule has 2 heterocycles. The summed E-state index contributed by atoms with van der Waals surface area (Å²) in [6.07, 6.45) is 1.55. The zero-order chi connectivity index (χ0) is 17.1. The van der Waals surface area contributed by atoms with Crippen LogP contribution < -0.4 is 5.32 Å². The highest BCUT2D eigenvalue weighted by atomic mass is 16.4. The standard InChI is InChI=1S/C16H16N4O4/c21-14(17-13-5-7-20(18-13)8-6-15(22)23)10-19-9-11-3-1-2-4-12(11)16(19)24/h1-5,7H,6,8-10H2,(H,22,23)(H,17,18,21). The summed E-state index contributed by atoms with van der Waals surface area (Å²) in [5.74, 6) is -1.09. The first-order valence-corrected chi connectivity index (χ1v) is 7.45. The van der Waals surface area contributed by atoms with Gasteiger partial charge in [-0.1, -0.05) is 18.2 Å². The number of amides is 2. The van der Waals surface area contributed by atoms with Crippen molar-refractivity contribution in [3.8, 4) is 0 Å². The van der Waals surface area contributed by atoms with Crippen molar-refractivity contribution in [1.29, 1.82) is 0 Å². The van der Waals surface area contributed by atoms with Crippen LogP contribution in [0.1, 0.15) is 22.3 Å². The molecule has 8 nitrogen and oxygen atoms in total. The molecule has 0 saturated heterocycles. The van der Waals surface area contributed by atoms with Crippen molar-refractivity contribution < 1.29 is 19.5 Å². The van der Waals surface area contributed by atoms with Crippen molar-refractivity contribution >= 4 is 23.6 Å². The van der Waals surface area contributed by atoms with Gasteiger partial charge in [0.25, 0.3) is 5.91 Å². The van der Waals surface area contributed by atoms with Gasteiger partial charge in [0.05, 0.1) is 13.0 Å². The molecule has 1 aromatic heterocycles. The Balaban J connectivity index is 1.55. The molecule has 0 saturated carbocycles. The number of benzene rings is 1. The lowest BCUT2D eigenvalue weighted by Crippen LogP contribution is -2.33. The first-order chi connectivity index (χ1) is 11.5. The third-order valence-corrected chi connectivity index (χ3v) is 3.69. The fourth-order valence-corrected chi connectivity index (χ4v) is 2.56. The van der Waals surface area contributed by atoms with E-state index < -0.39 is 5.97 Å². The van der Waals surface area contributed by atoms with Gasteiger partial charge in [0.1, 0.15) is 6.54 Å². The van der Waals surface area contributed by atoms with Crippen LogP contribution in [0.2, 0.25) is 0 Å². The fraction of sp³-hybridized carbons (Fsp3) is 0.250. The zero-order valence-corrected chi connectivity index (χ0v) is 12.8. The second-order valence-corrected chi connectivity index (χ2v) is 5.47. The van der Waals surface area contributed by atoms with Crippen LogP contribution >= 0.6 is 0 Å². The Morgan fingerprint density at radius 2 is 2.04 bits per heavy atom. The second kappa shape index (κ2) is 6.53. The van der Waals surface area contributed by atoms with E-state index in [2.05, 4.69) is 10.4 Å². The number of carboxylic acids is 1. The molecule has 8 heteroatoms. The molecule has 2 amide bonds. The summed E-state index contributed by atoms with van der Waals surface area (Å²) in [5.41, 5.74) is 1.54. The number of hydrogen-bond donors (Lipinski definition) is 2. The van der Waals surface area contributed by atoms with Crippen LogP contribution in [0.3, 0.4) is 0 Å². The zero-order valence-electron chi connectivity index (χ0n) is 12.8. The van der Waals surface area contributed by atoms with E-state index in [1.54, 1.807) is 24.4 Å². The molecule has 1 aliphatic rings. The first kappa shape index (κ1) is 15.7. The summed E-state index contributed by atoms with van der Waals surface area (Å²) < 4.78 is 1.45. The molecule has 1 aromatic carbocycles. The number of carbonyl (C=O) groups is 3. The van der Waals surface area contributed by atoms with Crippen molar-refractivity contribution in [2.45, 2.75) is 19.5 Å². The summed E-state index contributed by atoms with van der Waals surface area (Å²) >= 11 is 0. The molecule has 0 spiro atoms. The van der Waals surface area contributed by atoms with Crippen molar-refractivity contribution in [1.82, 2.24) is 14.7 Å². The Kier molecular flexibility index (Phi) is 4.28. The van der Waals surface area contributed by atoms with Crippen LogP contribution in [0.4, 0.5) is 5.82 Å². The van der Waals surface area contributed by atoms with Gasteiger partial charge in [-0.25, -0.2) is 0 Å². The molecule has 0 bridgehead atoms. The predicted molar refractivity (Wildman–Crippen MR) is 84.3 cm³/mol. The topological polar surface area (TPSA) is 105 Å². The Morgan fingerprint density at radius 3 is 2.79 bits per heavy atom. The number of aromatic nitrogens is 2. The Bertz CT molecular complexity index is 799. The van der Waals surface area contributed by atoms with Gasteiger partial charge in [-0.05, 0) is 11.6 Å². The number of rotatable bonds is 6. The molecule has 1 aliphatic heterocycles. The van der Waals surface area contributed by atoms with Crippen LogP contribution in [-0.2, 0) is 22.7 Å². The second-order valence-electron chi connectivity index (χ2n) is 5.47. The number of fused-ring (bicyclic) bond motifs is 1. The maximum atomic E-state index is 12.2. The van der Waals surface area contributed by atoms with Crippen molar-refractivity contribution in [2.24, 2.45) is 0 Å². The average Bonchev–Trinajstić information content (AvgIpc) is 3.11. The van der Waals surface area contributed by atoms with E-state index >= 15 is 0 Å². The number of nitrogens with zero attached hydrogens (tertiary/aromatic N) is 3. The van der Waals surface area contributed by atoms with Gasteiger partial charge in [0.2, 0.25) is 5.91 Å². The lowest BCUT2D eigenvalue weighted by molar-refractivity contribution is -0.137. The molecule has 24 heavy (non-hydrogen) atoms. The van der Waals surface area contributed by atoms with E-state index in [0.717, 1.165) is 5.56 Å². The summed E-state index contributed by atoms with van der Waals surface area (Å²) in [4.78, 5) is 36.3. The summed E-state index contributed by atoms with van der Waals surface area (Å²) in [7, 11) is 0. The van der Waals surface area contributed by atoms with Gasteiger partial charge in [0.15, 0.2) is 5.82 Å². The van der Waals surface area contributed by atoms with Crippen LogP contribution in [0.5, 0.6) is 0 Å². The minimum atomic E-state index is -0.914. The molecule has 124 valence electrons. The Hall–Kier alpha value is -3.16. The minimum absolute atomic E-state index is 0.0460. The summed E-state index contributed by atoms with van der Waals surface area (Å²) in [6.45, 7) is 0.579. The Morgan fingerprint density at radius 1 is 1.25 bits per heavy atom. The molecule has 0 fully saturated rings. The minimum Gasteiger partial charge on any atom is -0.481 e. The third-order valence-electron chi connectivity index (χ3n) is 3.69. The van der Waals surface area contributed by atoms with E-state index in [1.807, 2.05) is 12.1 Å². The number of aliphatic carboxylic acids is 1. The molecule has 2 aromatic rings. The predicted octanol–water partition coefficient (Wildman–Crippen LogP) is 0.952. The van der Waals surface area contributed by atoms with Gasteiger partial charge < -0.3 is 15.3 Å². The van der Waals surface area contributed by atoms with E-state index in [9.17, 15) is 14.4 Å². The van der Waals surface area contributed by atoms with Crippen molar-refractivity contribution in [2.75, 3.05) is 11.9 Å². The normalized spacial score (nSPS) is 13.0. The van der Waals surface area contributed by atoms with Gasteiger partial charge in [-0.3, -0.25) is 19.1 Å². The number of hydrogen-bond acceptors (Lipinski definition) is 4. The fourth-order valence-electron chi connectivity index (χ4n) is 2.56. The highest BCUT2D eigenvalue weighted by Crippen LogP contribution is 2.21. The number of carbonyl (C=O) groups excluding carboxylic acids is 2. The van der Waals surface area contributed by atoms with Crippen molar-refractivity contribution in [3.05, 3.63) is 47.7 Å². The van der Waals surface area contributed by atoms with Crippen LogP contribution in [0, 0.1) is 0 Å². The van der Waals surface area contributed by atoms with Gasteiger partial charge in [-0.2, -0.15) is 5.10 Å². The Labute approximate surface area is 137 Å². The molecular weight excluding hydrogens is 312 g/mol. The summed E-state index contributed by atoms with van der Waals surface area (Å²) in [6, 6.07) is 8.86. The number of aryl methyl sites for hydroxylation is 1. The molecule has 0 aliphatic carbocycles. The lowest BCUT2D eigenvalue weighted by Gasteiger charge is -2.14. The molecular formula is C16H16N4O4. The SMILES string of the molecule is O=C(O)CCn1ccc(NC(=O)CN2Cc3ccccc3C2=O)n1. The highest BCUT2D eigenvalue weighted by molar-refractivity contribution is 6.01. The smallest absolute Gasteiger partial charge is 0.305 e. The largest absolute Gasteiger partial charge is 0.481 e. The molecule has 3 rings (SSSR count). The van der Waals surface area contributed by atoms with E-state index in [4.69, 9.17) is 5.11 Å². The van der Waals surface area contributed by atoms with E-state index in [0.29, 0.717) is 17.9 Å². The molecule has 0 unspecified atom stereocenters. The maximum absolute atomic E-state index is 12.2. The van der Waals surface area contributed by atoms with Crippen LogP contribution in [0.15, 0.2) is 36.5 Å². The van der Waals surface area contributed by atoms with Gasteiger partial charge in [-0.15, -0.1) is 0 Å². The lowest BCUT2D eigenvalue weighted by atomic mass is 10.1. The molecule has 0 atom stereocenters. The molecule has 0 radical (unpaired) electrons. The third kappa shape index (κ3) is 3.43. The average molecular weight is 328 g/mol. The van der Waals surface area contributed by atoms with Crippen molar-refractivity contribution in [3.63, 3.8) is 0 Å². The quantitative estimate of drug-likeness (QED) is 0.821. The van der Waals surface area contributed by atoms with Gasteiger partial charge in [0, 0.05) is 24.4 Å². The number of carboxylic acid groups (broad SMARTS) is 1. The van der Waals surface area contributed by atoms with Crippen LogP contribution in [0.25, 0.3) is 0 Å². The van der Waals surface area contributed by atoms with Crippen LogP contribution in [-0.4, -0.2) is 44.1 Å². The molecule has 2 N–H and O–H groups in total. The van der Waals surface area contributed by atoms with E-state index in [1.165, 1.54) is 9.58 Å². The summed E-state index contributed by atoms with van der Waals surface area (Å²) in [5, 5.41) is 15.3. The maximum Gasteiger partial charge on any atom is 0.305 e. The first-order valence-electron chi connectivity index (χ1n) is 7.45.